The second-order valence-electron chi connectivity index (χ2n) is 3.54. The van der Waals surface area contributed by atoms with Crippen LogP contribution in [0.5, 0.6) is 0 Å². The molecule has 5 heteroatoms. The van der Waals surface area contributed by atoms with Gasteiger partial charge in [-0.1, -0.05) is 13.8 Å². The van der Waals surface area contributed by atoms with Crippen LogP contribution in [0.4, 0.5) is 5.69 Å². The van der Waals surface area contributed by atoms with Crippen molar-refractivity contribution in [2.24, 2.45) is 5.92 Å². The molecule has 0 aromatic carbocycles. The molecular formula is C9H14BrN3O. The highest BCUT2D eigenvalue weighted by atomic mass is 79.9. The minimum atomic E-state index is -0.209. The smallest absolute Gasteiger partial charge is 0.280 e. The van der Waals surface area contributed by atoms with Gasteiger partial charge in [0.05, 0.1) is 11.9 Å². The van der Waals surface area contributed by atoms with Crippen molar-refractivity contribution in [3.05, 3.63) is 21.0 Å². The fraction of sp³-hybridized carbons (Fsp3) is 0.556. The van der Waals surface area contributed by atoms with Gasteiger partial charge in [0.25, 0.3) is 5.56 Å². The van der Waals surface area contributed by atoms with Crippen LogP contribution in [0.25, 0.3) is 0 Å². The summed E-state index contributed by atoms with van der Waals surface area (Å²) in [6, 6.07) is 0. The molecule has 1 heterocycles. The fourth-order valence-corrected chi connectivity index (χ4v) is 1.33. The Kier molecular flexibility index (Phi) is 4.13. The van der Waals surface area contributed by atoms with Crippen LogP contribution in [0, 0.1) is 5.92 Å². The first-order valence-electron chi connectivity index (χ1n) is 4.58. The quantitative estimate of drug-likeness (QED) is 0.870. The number of nitrogens with zero attached hydrogens (tertiary/aromatic N) is 1. The zero-order valence-electron chi connectivity index (χ0n) is 8.30. The molecule has 0 spiro atoms. The summed E-state index contributed by atoms with van der Waals surface area (Å²) in [5.74, 6) is 0.649. The van der Waals surface area contributed by atoms with E-state index in [1.54, 1.807) is 6.20 Å². The van der Waals surface area contributed by atoms with Crippen LogP contribution in [0.1, 0.15) is 20.3 Å². The summed E-state index contributed by atoms with van der Waals surface area (Å²) in [5.41, 5.74) is 0.536. The van der Waals surface area contributed by atoms with Gasteiger partial charge in [0.15, 0.2) is 0 Å². The van der Waals surface area contributed by atoms with E-state index in [1.165, 1.54) is 0 Å². The number of hydrogen-bond donors (Lipinski definition) is 2. The van der Waals surface area contributed by atoms with Gasteiger partial charge < -0.3 is 5.32 Å². The molecule has 4 nitrogen and oxygen atoms in total. The van der Waals surface area contributed by atoms with Gasteiger partial charge in [-0.15, -0.1) is 0 Å². The molecular weight excluding hydrogens is 246 g/mol. The Labute approximate surface area is 91.2 Å². The monoisotopic (exact) mass is 259 g/mol. The predicted molar refractivity (Wildman–Crippen MR) is 60.5 cm³/mol. The Morgan fingerprint density at radius 1 is 1.64 bits per heavy atom. The highest BCUT2D eigenvalue weighted by Crippen LogP contribution is 2.15. The number of rotatable bonds is 4. The van der Waals surface area contributed by atoms with E-state index in [9.17, 15) is 4.79 Å². The van der Waals surface area contributed by atoms with Crippen molar-refractivity contribution in [3.8, 4) is 0 Å². The van der Waals surface area contributed by atoms with Gasteiger partial charge >= 0.3 is 0 Å². The molecule has 0 saturated heterocycles. The summed E-state index contributed by atoms with van der Waals surface area (Å²) in [4.78, 5) is 11.1. The van der Waals surface area contributed by atoms with Gasteiger partial charge in [0, 0.05) is 6.54 Å². The van der Waals surface area contributed by atoms with Gasteiger partial charge in [-0.3, -0.25) is 4.79 Å². The van der Waals surface area contributed by atoms with Crippen LogP contribution in [0.15, 0.2) is 15.5 Å². The number of H-pyrrole nitrogens is 1. The maximum absolute atomic E-state index is 11.1. The lowest BCUT2D eigenvalue weighted by molar-refractivity contribution is 0.607. The van der Waals surface area contributed by atoms with Crippen molar-refractivity contribution in [3.63, 3.8) is 0 Å². The first-order valence-corrected chi connectivity index (χ1v) is 5.37. The summed E-state index contributed by atoms with van der Waals surface area (Å²) >= 11 is 3.20. The molecule has 0 fully saturated rings. The second-order valence-corrected chi connectivity index (χ2v) is 4.33. The minimum Gasteiger partial charge on any atom is -0.383 e. The summed E-state index contributed by atoms with van der Waals surface area (Å²) in [5, 5.41) is 9.22. The third kappa shape index (κ3) is 3.14. The molecule has 0 amide bonds. The van der Waals surface area contributed by atoms with Gasteiger partial charge in [-0.2, -0.15) is 5.10 Å². The van der Waals surface area contributed by atoms with Crippen molar-refractivity contribution in [1.29, 1.82) is 0 Å². The molecule has 14 heavy (non-hydrogen) atoms. The summed E-state index contributed by atoms with van der Waals surface area (Å²) in [7, 11) is 0. The second kappa shape index (κ2) is 5.14. The maximum atomic E-state index is 11.1. The molecule has 0 bridgehead atoms. The summed E-state index contributed by atoms with van der Waals surface area (Å²) in [6.07, 6.45) is 2.67. The number of nitrogens with one attached hydrogen (secondary N) is 2. The van der Waals surface area contributed by atoms with E-state index in [4.69, 9.17) is 0 Å². The summed E-state index contributed by atoms with van der Waals surface area (Å²) in [6.45, 7) is 5.17. The van der Waals surface area contributed by atoms with E-state index < -0.39 is 0 Å². The number of aromatic amines is 1. The number of hydrogen-bond acceptors (Lipinski definition) is 3. The lowest BCUT2D eigenvalue weighted by Crippen LogP contribution is -2.13. The first kappa shape index (κ1) is 11.2. The van der Waals surface area contributed by atoms with Crippen LogP contribution >= 0.6 is 15.9 Å². The lowest BCUT2D eigenvalue weighted by atomic mass is 10.1. The van der Waals surface area contributed by atoms with Crippen LogP contribution in [0.3, 0.4) is 0 Å². The average Bonchev–Trinajstić information content (AvgIpc) is 2.12. The maximum Gasteiger partial charge on any atom is 0.280 e. The van der Waals surface area contributed by atoms with Crippen molar-refractivity contribution in [1.82, 2.24) is 10.2 Å². The van der Waals surface area contributed by atoms with Crippen molar-refractivity contribution in [2.75, 3.05) is 11.9 Å². The third-order valence-electron chi connectivity index (χ3n) is 1.83. The van der Waals surface area contributed by atoms with E-state index >= 15 is 0 Å². The zero-order chi connectivity index (χ0) is 10.6. The minimum absolute atomic E-state index is 0.209. The SMILES string of the molecule is CC(C)CCNc1cn[nH]c(=O)c1Br. The Balaban J connectivity index is 2.59. The Bertz CT molecular complexity index is 348. The van der Waals surface area contributed by atoms with Crippen molar-refractivity contribution < 1.29 is 0 Å². The molecule has 1 aromatic rings. The molecule has 1 rings (SSSR count). The normalized spacial score (nSPS) is 10.6. The Morgan fingerprint density at radius 2 is 2.36 bits per heavy atom. The van der Waals surface area contributed by atoms with E-state index in [0.717, 1.165) is 18.7 Å². The highest BCUT2D eigenvalue weighted by Gasteiger charge is 2.03. The third-order valence-corrected chi connectivity index (χ3v) is 2.62. The summed E-state index contributed by atoms with van der Waals surface area (Å²) < 4.78 is 0.510. The molecule has 0 unspecified atom stereocenters. The molecule has 0 radical (unpaired) electrons. The van der Waals surface area contributed by atoms with E-state index in [0.29, 0.717) is 10.4 Å². The Morgan fingerprint density at radius 3 is 3.00 bits per heavy atom. The van der Waals surface area contributed by atoms with Crippen LogP contribution in [0.2, 0.25) is 0 Å². The van der Waals surface area contributed by atoms with Crippen molar-refractivity contribution >= 4 is 21.6 Å². The molecule has 0 aliphatic carbocycles. The lowest BCUT2D eigenvalue weighted by Gasteiger charge is -2.08. The molecule has 0 saturated carbocycles. The van der Waals surface area contributed by atoms with E-state index in [2.05, 4.69) is 45.3 Å². The largest absolute Gasteiger partial charge is 0.383 e. The van der Waals surface area contributed by atoms with Crippen LogP contribution in [-0.2, 0) is 0 Å². The molecule has 78 valence electrons. The first-order chi connectivity index (χ1) is 6.61. The number of aromatic nitrogens is 2. The molecule has 0 aliphatic rings. The number of halogens is 1. The zero-order valence-corrected chi connectivity index (χ0v) is 9.89. The highest BCUT2D eigenvalue weighted by molar-refractivity contribution is 9.10. The van der Waals surface area contributed by atoms with Gasteiger partial charge in [-0.05, 0) is 28.3 Å². The van der Waals surface area contributed by atoms with Crippen LogP contribution < -0.4 is 10.9 Å². The molecule has 2 N–H and O–H groups in total. The van der Waals surface area contributed by atoms with Crippen molar-refractivity contribution in [2.45, 2.75) is 20.3 Å². The molecule has 0 aliphatic heterocycles. The fourth-order valence-electron chi connectivity index (χ4n) is 1.00. The number of anilines is 1. The predicted octanol–water partition coefficient (Wildman–Crippen LogP) is 1.99. The molecule has 1 aromatic heterocycles. The topological polar surface area (TPSA) is 57.8 Å². The standard InChI is InChI=1S/C9H14BrN3O/c1-6(2)3-4-11-7-5-12-13-9(14)8(7)10/h5-6H,3-4H2,1-2H3,(H2,11,13,14). The van der Waals surface area contributed by atoms with E-state index in [1.807, 2.05) is 0 Å². The van der Waals surface area contributed by atoms with Crippen LogP contribution in [-0.4, -0.2) is 16.7 Å². The van der Waals surface area contributed by atoms with E-state index in [-0.39, 0.29) is 5.56 Å². The van der Waals surface area contributed by atoms with Gasteiger partial charge in [0.1, 0.15) is 4.47 Å². The van der Waals surface area contributed by atoms with Gasteiger partial charge in [0.2, 0.25) is 0 Å². The average molecular weight is 260 g/mol. The molecule has 0 atom stereocenters. The Hall–Kier alpha value is -0.840. The van der Waals surface area contributed by atoms with Gasteiger partial charge in [-0.25, -0.2) is 5.10 Å².